The summed E-state index contributed by atoms with van der Waals surface area (Å²) in [6, 6.07) is 13.2. The van der Waals surface area contributed by atoms with Crippen molar-refractivity contribution in [3.63, 3.8) is 0 Å². The van der Waals surface area contributed by atoms with E-state index in [1.165, 1.54) is 5.56 Å². The maximum absolute atomic E-state index is 11.9. The van der Waals surface area contributed by atoms with Gasteiger partial charge in [0.15, 0.2) is 0 Å². The molecule has 0 saturated heterocycles. The third kappa shape index (κ3) is 5.43. The molecule has 0 radical (unpaired) electrons. The van der Waals surface area contributed by atoms with Crippen LogP contribution >= 0.6 is 23.2 Å². The lowest BCUT2D eigenvalue weighted by Gasteiger charge is -2.19. The Labute approximate surface area is 153 Å². The van der Waals surface area contributed by atoms with Crippen molar-refractivity contribution in [1.29, 1.82) is 0 Å². The molecule has 0 atom stereocenters. The number of hydrogen-bond acceptors (Lipinski definition) is 1. The molecule has 0 aliphatic heterocycles. The molecule has 3 nitrogen and oxygen atoms in total. The number of rotatable bonds is 4. The summed E-state index contributed by atoms with van der Waals surface area (Å²) < 4.78 is 0. The van der Waals surface area contributed by atoms with Gasteiger partial charge in [0.2, 0.25) is 0 Å². The SMILES string of the molecule is CC(C)(C)c1ccc(NC(=O)NCCc2ccc(Cl)c(Cl)c2)cc1. The van der Waals surface area contributed by atoms with Crippen LogP contribution in [-0.4, -0.2) is 12.6 Å². The average molecular weight is 365 g/mol. The second-order valence-corrected chi connectivity index (χ2v) is 7.52. The van der Waals surface area contributed by atoms with E-state index >= 15 is 0 Å². The topological polar surface area (TPSA) is 41.1 Å². The van der Waals surface area contributed by atoms with Crippen LogP contribution in [0.3, 0.4) is 0 Å². The van der Waals surface area contributed by atoms with Gasteiger partial charge in [-0.1, -0.05) is 62.2 Å². The second-order valence-electron chi connectivity index (χ2n) is 6.71. The van der Waals surface area contributed by atoms with Crippen LogP contribution in [0, 0.1) is 0 Å². The van der Waals surface area contributed by atoms with E-state index in [4.69, 9.17) is 23.2 Å². The molecule has 0 bridgehead atoms. The van der Waals surface area contributed by atoms with Gasteiger partial charge >= 0.3 is 6.03 Å². The summed E-state index contributed by atoms with van der Waals surface area (Å²) >= 11 is 11.9. The number of amides is 2. The van der Waals surface area contributed by atoms with Crippen molar-refractivity contribution in [3.05, 3.63) is 63.6 Å². The summed E-state index contributed by atoms with van der Waals surface area (Å²) in [6.45, 7) is 6.99. The van der Waals surface area contributed by atoms with Gasteiger partial charge in [-0.15, -0.1) is 0 Å². The Morgan fingerprint density at radius 3 is 2.25 bits per heavy atom. The van der Waals surface area contributed by atoms with Crippen molar-refractivity contribution in [2.75, 3.05) is 11.9 Å². The van der Waals surface area contributed by atoms with Crippen molar-refractivity contribution >= 4 is 34.9 Å². The first kappa shape index (κ1) is 18.6. The Morgan fingerprint density at radius 2 is 1.67 bits per heavy atom. The average Bonchev–Trinajstić information content (AvgIpc) is 2.50. The van der Waals surface area contributed by atoms with Crippen molar-refractivity contribution in [1.82, 2.24) is 5.32 Å². The molecule has 0 heterocycles. The van der Waals surface area contributed by atoms with Crippen molar-refractivity contribution < 1.29 is 4.79 Å². The zero-order valence-electron chi connectivity index (χ0n) is 14.1. The molecule has 5 heteroatoms. The summed E-state index contributed by atoms with van der Waals surface area (Å²) in [5, 5.41) is 6.72. The van der Waals surface area contributed by atoms with E-state index in [0.717, 1.165) is 11.3 Å². The highest BCUT2D eigenvalue weighted by Gasteiger charge is 2.13. The van der Waals surface area contributed by atoms with Crippen molar-refractivity contribution in [2.45, 2.75) is 32.6 Å². The number of nitrogens with one attached hydrogen (secondary N) is 2. The monoisotopic (exact) mass is 364 g/mol. The molecule has 2 aromatic carbocycles. The number of anilines is 1. The predicted octanol–water partition coefficient (Wildman–Crippen LogP) is 5.66. The maximum atomic E-state index is 11.9. The van der Waals surface area contributed by atoms with Crippen LogP contribution in [0.2, 0.25) is 10.0 Å². The number of hydrogen-bond donors (Lipinski definition) is 2. The summed E-state index contributed by atoms with van der Waals surface area (Å²) in [5.41, 5.74) is 3.13. The van der Waals surface area contributed by atoms with E-state index in [9.17, 15) is 4.79 Å². The van der Waals surface area contributed by atoms with Crippen LogP contribution in [0.5, 0.6) is 0 Å². The lowest BCUT2D eigenvalue weighted by Crippen LogP contribution is -2.30. The zero-order chi connectivity index (χ0) is 17.7. The first-order valence-corrected chi connectivity index (χ1v) is 8.60. The van der Waals surface area contributed by atoms with E-state index in [2.05, 4.69) is 31.4 Å². The van der Waals surface area contributed by atoms with E-state index in [-0.39, 0.29) is 11.4 Å². The summed E-state index contributed by atoms with van der Waals surface area (Å²) in [4.78, 5) is 11.9. The third-order valence-electron chi connectivity index (χ3n) is 3.69. The zero-order valence-corrected chi connectivity index (χ0v) is 15.6. The number of halogens is 2. The Kier molecular flexibility index (Phi) is 6.14. The van der Waals surface area contributed by atoms with Gasteiger partial charge in [-0.05, 0) is 47.2 Å². The second kappa shape index (κ2) is 7.91. The molecule has 0 aliphatic carbocycles. The van der Waals surface area contributed by atoms with Crippen LogP contribution in [0.1, 0.15) is 31.9 Å². The fourth-order valence-electron chi connectivity index (χ4n) is 2.24. The predicted molar refractivity (Wildman–Crippen MR) is 102 cm³/mol. The van der Waals surface area contributed by atoms with Gasteiger partial charge in [-0.25, -0.2) is 4.79 Å². The van der Waals surface area contributed by atoms with Gasteiger partial charge in [0.25, 0.3) is 0 Å². The van der Waals surface area contributed by atoms with E-state index in [0.29, 0.717) is 23.0 Å². The molecule has 0 fully saturated rings. The van der Waals surface area contributed by atoms with Gasteiger partial charge in [-0.2, -0.15) is 0 Å². The van der Waals surface area contributed by atoms with Gasteiger partial charge in [0, 0.05) is 12.2 Å². The highest BCUT2D eigenvalue weighted by molar-refractivity contribution is 6.42. The lowest BCUT2D eigenvalue weighted by molar-refractivity contribution is 0.252. The molecule has 0 unspecified atom stereocenters. The highest BCUT2D eigenvalue weighted by Crippen LogP contribution is 2.24. The Morgan fingerprint density at radius 1 is 1.00 bits per heavy atom. The fourth-order valence-corrected chi connectivity index (χ4v) is 2.57. The van der Waals surface area contributed by atoms with Crippen LogP contribution in [0.4, 0.5) is 10.5 Å². The molecule has 24 heavy (non-hydrogen) atoms. The Hall–Kier alpha value is -1.71. The summed E-state index contributed by atoms with van der Waals surface area (Å²) in [7, 11) is 0. The number of urea groups is 1. The normalized spacial score (nSPS) is 11.2. The van der Waals surface area contributed by atoms with E-state index < -0.39 is 0 Å². The van der Waals surface area contributed by atoms with Crippen LogP contribution < -0.4 is 10.6 Å². The quantitative estimate of drug-likeness (QED) is 0.722. The maximum Gasteiger partial charge on any atom is 0.319 e. The molecule has 128 valence electrons. The van der Waals surface area contributed by atoms with Crippen molar-refractivity contribution in [2.24, 2.45) is 0 Å². The molecule has 2 amide bonds. The van der Waals surface area contributed by atoms with Crippen LogP contribution in [0.15, 0.2) is 42.5 Å². The van der Waals surface area contributed by atoms with Gasteiger partial charge in [0.05, 0.1) is 10.0 Å². The smallest absolute Gasteiger partial charge is 0.319 e. The van der Waals surface area contributed by atoms with E-state index in [1.54, 1.807) is 6.07 Å². The van der Waals surface area contributed by atoms with Gasteiger partial charge < -0.3 is 10.6 Å². The first-order chi connectivity index (χ1) is 11.3. The number of benzene rings is 2. The molecular weight excluding hydrogens is 343 g/mol. The largest absolute Gasteiger partial charge is 0.338 e. The highest BCUT2D eigenvalue weighted by atomic mass is 35.5. The van der Waals surface area contributed by atoms with Gasteiger partial charge in [0.1, 0.15) is 0 Å². The molecule has 0 aliphatic rings. The van der Waals surface area contributed by atoms with Crippen molar-refractivity contribution in [3.8, 4) is 0 Å². The first-order valence-electron chi connectivity index (χ1n) is 7.85. The Bertz CT molecular complexity index is 706. The van der Waals surface area contributed by atoms with Crippen LogP contribution in [0.25, 0.3) is 0 Å². The van der Waals surface area contributed by atoms with Crippen LogP contribution in [-0.2, 0) is 11.8 Å². The minimum Gasteiger partial charge on any atom is -0.338 e. The molecule has 0 saturated carbocycles. The molecule has 0 spiro atoms. The minimum absolute atomic E-state index is 0.0979. The molecule has 2 aromatic rings. The fraction of sp³-hybridized carbons (Fsp3) is 0.316. The number of carbonyl (C=O) groups excluding carboxylic acids is 1. The molecule has 0 aromatic heterocycles. The molecule has 2 rings (SSSR count). The van der Waals surface area contributed by atoms with Gasteiger partial charge in [-0.3, -0.25) is 0 Å². The molecular formula is C19H22Cl2N2O. The summed E-state index contributed by atoms with van der Waals surface area (Å²) in [5.74, 6) is 0. The molecule has 2 N–H and O–H groups in total. The standard InChI is InChI=1S/C19H22Cl2N2O/c1-19(2,3)14-5-7-15(8-6-14)23-18(24)22-11-10-13-4-9-16(20)17(21)12-13/h4-9,12H,10-11H2,1-3H3,(H2,22,23,24). The summed E-state index contributed by atoms with van der Waals surface area (Å²) in [6.07, 6.45) is 0.688. The minimum atomic E-state index is -0.224. The number of carbonyl (C=O) groups is 1. The van der Waals surface area contributed by atoms with E-state index in [1.807, 2.05) is 36.4 Å². The lowest BCUT2D eigenvalue weighted by atomic mass is 9.87. The Balaban J connectivity index is 1.81. The third-order valence-corrected chi connectivity index (χ3v) is 4.43.